The van der Waals surface area contributed by atoms with Gasteiger partial charge in [0.05, 0.1) is 18.5 Å². The maximum Gasteiger partial charge on any atom is 0.282 e. The first-order valence-corrected chi connectivity index (χ1v) is 10.1. The van der Waals surface area contributed by atoms with Crippen molar-refractivity contribution in [3.8, 4) is 5.75 Å². The second-order valence-corrected chi connectivity index (χ2v) is 7.61. The molecule has 0 N–H and O–H groups in total. The highest BCUT2D eigenvalue weighted by atomic mass is 79.9. The third-order valence-electron chi connectivity index (χ3n) is 5.09. The molecule has 6 heteroatoms. The molecule has 2 heterocycles. The van der Waals surface area contributed by atoms with E-state index in [1.165, 1.54) is 16.7 Å². The van der Waals surface area contributed by atoms with Crippen molar-refractivity contribution in [3.63, 3.8) is 0 Å². The monoisotopic (exact) mass is 419 g/mol. The molecule has 0 amide bonds. The Kier molecular flexibility index (Phi) is 6.35. The van der Waals surface area contributed by atoms with Crippen molar-refractivity contribution in [1.82, 2.24) is 9.78 Å². The van der Waals surface area contributed by atoms with Crippen LogP contribution in [0.2, 0.25) is 0 Å². The van der Waals surface area contributed by atoms with Crippen LogP contribution in [0, 0.1) is 5.92 Å². The maximum absolute atomic E-state index is 12.0. The van der Waals surface area contributed by atoms with E-state index in [0.29, 0.717) is 11.1 Å². The number of anilines is 1. The Balaban J connectivity index is 1.51. The average molecular weight is 420 g/mol. The summed E-state index contributed by atoms with van der Waals surface area (Å²) in [7, 11) is 1.67. The van der Waals surface area contributed by atoms with Gasteiger partial charge in [-0.25, -0.2) is 4.68 Å². The van der Waals surface area contributed by atoms with Crippen molar-refractivity contribution in [2.75, 3.05) is 24.6 Å². The van der Waals surface area contributed by atoms with E-state index < -0.39 is 0 Å². The minimum absolute atomic E-state index is 0.0832. The molecule has 0 spiro atoms. The van der Waals surface area contributed by atoms with Crippen LogP contribution < -0.4 is 15.2 Å². The molecule has 1 aliphatic rings. The average Bonchev–Trinajstić information content (AvgIpc) is 2.67. The summed E-state index contributed by atoms with van der Waals surface area (Å²) in [6.07, 6.45) is 6.40. The third-order valence-corrected chi connectivity index (χ3v) is 5.84. The fraction of sp³-hybridized carbons (Fsp3) is 0.500. The lowest BCUT2D eigenvalue weighted by atomic mass is 9.90. The van der Waals surface area contributed by atoms with Crippen molar-refractivity contribution < 1.29 is 4.74 Å². The number of nitrogens with zero attached hydrogens (tertiary/aromatic N) is 3. The molecule has 1 aromatic heterocycles. The fourth-order valence-electron chi connectivity index (χ4n) is 3.47. The number of ether oxygens (including phenoxy) is 1. The summed E-state index contributed by atoms with van der Waals surface area (Å²) >= 11 is 3.43. The molecular formula is C20H26BrN3O2. The van der Waals surface area contributed by atoms with E-state index in [1.54, 1.807) is 13.2 Å². The van der Waals surface area contributed by atoms with Crippen LogP contribution in [0.4, 0.5) is 5.69 Å². The highest BCUT2D eigenvalue weighted by Crippen LogP contribution is 2.29. The Morgan fingerprint density at radius 2 is 1.92 bits per heavy atom. The number of aryl methyl sites for hydroxylation is 2. The van der Waals surface area contributed by atoms with Gasteiger partial charge < -0.3 is 9.64 Å². The number of rotatable bonds is 6. The van der Waals surface area contributed by atoms with Gasteiger partial charge in [0.2, 0.25) is 0 Å². The predicted octanol–water partition coefficient (Wildman–Crippen LogP) is 3.79. The molecule has 1 saturated heterocycles. The first-order chi connectivity index (χ1) is 12.6. The molecule has 0 atom stereocenters. The van der Waals surface area contributed by atoms with E-state index in [9.17, 15) is 4.79 Å². The van der Waals surface area contributed by atoms with E-state index in [0.717, 1.165) is 49.7 Å². The normalized spacial score (nSPS) is 15.3. The Morgan fingerprint density at radius 3 is 2.58 bits per heavy atom. The Hall–Kier alpha value is -1.82. The molecule has 0 radical (unpaired) electrons. The van der Waals surface area contributed by atoms with E-state index in [1.807, 2.05) is 6.92 Å². The topological polar surface area (TPSA) is 47.4 Å². The highest BCUT2D eigenvalue weighted by molar-refractivity contribution is 9.10. The first-order valence-electron chi connectivity index (χ1n) is 9.27. The molecular weight excluding hydrogens is 394 g/mol. The van der Waals surface area contributed by atoms with Crippen LogP contribution in [0.1, 0.15) is 31.7 Å². The number of benzene rings is 1. The van der Waals surface area contributed by atoms with Crippen molar-refractivity contribution in [2.24, 2.45) is 13.0 Å². The fourth-order valence-corrected chi connectivity index (χ4v) is 4.08. The number of hydrogen-bond acceptors (Lipinski definition) is 4. The van der Waals surface area contributed by atoms with Gasteiger partial charge in [-0.15, -0.1) is 0 Å². The van der Waals surface area contributed by atoms with Crippen LogP contribution in [0.15, 0.2) is 39.7 Å². The SMILES string of the molecule is CCOc1ccc(CCC2CCN(c3cnn(C)c(=O)c3Br)CC2)cc1. The minimum Gasteiger partial charge on any atom is -0.494 e. The van der Waals surface area contributed by atoms with Gasteiger partial charge in [0.1, 0.15) is 10.2 Å². The Labute approximate surface area is 163 Å². The maximum atomic E-state index is 12.0. The molecule has 1 aliphatic heterocycles. The number of aromatic nitrogens is 2. The van der Waals surface area contributed by atoms with Crippen LogP contribution >= 0.6 is 15.9 Å². The quantitative estimate of drug-likeness (QED) is 0.714. The van der Waals surface area contributed by atoms with Gasteiger partial charge in [0.25, 0.3) is 5.56 Å². The van der Waals surface area contributed by atoms with Crippen LogP contribution in [-0.4, -0.2) is 29.5 Å². The van der Waals surface area contributed by atoms with Crippen LogP contribution in [0.25, 0.3) is 0 Å². The van der Waals surface area contributed by atoms with E-state index >= 15 is 0 Å². The lowest BCUT2D eigenvalue weighted by Crippen LogP contribution is -2.35. The largest absolute Gasteiger partial charge is 0.494 e. The standard InChI is InChI=1S/C20H26BrN3O2/c1-3-26-17-8-6-15(7-9-17)4-5-16-10-12-24(13-11-16)18-14-22-23(2)20(25)19(18)21/h6-9,14,16H,3-5,10-13H2,1-2H3. The van der Waals surface area contributed by atoms with E-state index in [2.05, 4.69) is 50.2 Å². The lowest BCUT2D eigenvalue weighted by Gasteiger charge is -2.33. The van der Waals surface area contributed by atoms with Gasteiger partial charge in [-0.05, 0) is 72.2 Å². The van der Waals surface area contributed by atoms with Gasteiger partial charge in [-0.2, -0.15) is 5.10 Å². The van der Waals surface area contributed by atoms with Gasteiger partial charge in [0, 0.05) is 20.1 Å². The second-order valence-electron chi connectivity index (χ2n) is 6.82. The molecule has 1 fully saturated rings. The predicted molar refractivity (Wildman–Crippen MR) is 108 cm³/mol. The number of piperidine rings is 1. The van der Waals surface area contributed by atoms with E-state index in [-0.39, 0.29) is 5.56 Å². The summed E-state index contributed by atoms with van der Waals surface area (Å²) in [6.45, 7) is 4.65. The summed E-state index contributed by atoms with van der Waals surface area (Å²) in [5, 5.41) is 4.15. The molecule has 140 valence electrons. The zero-order valence-corrected chi connectivity index (χ0v) is 17.0. The van der Waals surface area contributed by atoms with E-state index in [4.69, 9.17) is 4.74 Å². The summed E-state index contributed by atoms with van der Waals surface area (Å²) < 4.78 is 7.47. The highest BCUT2D eigenvalue weighted by Gasteiger charge is 2.22. The van der Waals surface area contributed by atoms with Gasteiger partial charge >= 0.3 is 0 Å². The molecule has 5 nitrogen and oxygen atoms in total. The minimum atomic E-state index is -0.0832. The van der Waals surface area contributed by atoms with Crippen molar-refractivity contribution >= 4 is 21.6 Å². The molecule has 0 aliphatic carbocycles. The lowest BCUT2D eigenvalue weighted by molar-refractivity contribution is 0.340. The summed E-state index contributed by atoms with van der Waals surface area (Å²) in [5.74, 6) is 1.67. The van der Waals surface area contributed by atoms with Gasteiger partial charge in [0.15, 0.2) is 0 Å². The smallest absolute Gasteiger partial charge is 0.282 e. The number of hydrogen-bond donors (Lipinski definition) is 0. The third kappa shape index (κ3) is 4.47. The zero-order chi connectivity index (χ0) is 18.5. The molecule has 1 aromatic carbocycles. The molecule has 26 heavy (non-hydrogen) atoms. The Bertz CT molecular complexity index is 781. The molecule has 0 bridgehead atoms. The summed E-state index contributed by atoms with van der Waals surface area (Å²) in [5.41, 5.74) is 2.20. The van der Waals surface area contributed by atoms with Crippen molar-refractivity contribution in [2.45, 2.75) is 32.6 Å². The first kappa shape index (κ1) is 19.0. The van der Waals surface area contributed by atoms with Gasteiger partial charge in [-0.1, -0.05) is 12.1 Å². The van der Waals surface area contributed by atoms with Gasteiger partial charge in [-0.3, -0.25) is 4.79 Å². The summed E-state index contributed by atoms with van der Waals surface area (Å²) in [4.78, 5) is 14.3. The molecule has 0 saturated carbocycles. The molecule has 2 aromatic rings. The Morgan fingerprint density at radius 1 is 1.23 bits per heavy atom. The van der Waals surface area contributed by atoms with Crippen molar-refractivity contribution in [3.05, 3.63) is 50.9 Å². The van der Waals surface area contributed by atoms with Crippen molar-refractivity contribution in [1.29, 1.82) is 0 Å². The number of halogens is 1. The van der Waals surface area contributed by atoms with Crippen LogP contribution in [0.3, 0.4) is 0 Å². The molecule has 0 unspecified atom stereocenters. The van der Waals surface area contributed by atoms with Crippen LogP contribution in [0.5, 0.6) is 5.75 Å². The zero-order valence-electron chi connectivity index (χ0n) is 15.4. The summed E-state index contributed by atoms with van der Waals surface area (Å²) in [6, 6.07) is 8.45. The molecule has 3 rings (SSSR count). The second kappa shape index (κ2) is 8.71. The van der Waals surface area contributed by atoms with Crippen LogP contribution in [-0.2, 0) is 13.5 Å².